The van der Waals surface area contributed by atoms with Crippen LogP contribution in [-0.4, -0.2) is 11.7 Å². The second-order valence-corrected chi connectivity index (χ2v) is 4.32. The molecule has 1 heteroatoms. The number of benzene rings is 1. The Morgan fingerprint density at radius 1 is 1.21 bits per heavy atom. The van der Waals surface area contributed by atoms with Crippen molar-refractivity contribution in [3.63, 3.8) is 0 Å². The zero-order chi connectivity index (χ0) is 9.97. The average Bonchev–Trinajstić information content (AvgIpc) is 2.27. The fourth-order valence-corrected chi connectivity index (χ4v) is 2.17. The minimum atomic E-state index is 0.249. The number of hydrogen-bond donors (Lipinski definition) is 1. The number of aryl methyl sites for hydroxylation is 2. The lowest BCUT2D eigenvalue weighted by molar-refractivity contribution is 0.273. The second-order valence-electron chi connectivity index (χ2n) is 4.32. The molecule has 0 heterocycles. The van der Waals surface area contributed by atoms with Gasteiger partial charge in [-0.2, -0.15) is 0 Å². The van der Waals surface area contributed by atoms with Gasteiger partial charge in [0.15, 0.2) is 0 Å². The first-order chi connectivity index (χ1) is 6.81. The van der Waals surface area contributed by atoms with Crippen molar-refractivity contribution in [3.8, 4) is 0 Å². The van der Waals surface area contributed by atoms with E-state index in [9.17, 15) is 0 Å². The molecule has 0 aliphatic heterocycles. The van der Waals surface area contributed by atoms with Gasteiger partial charge in [-0.25, -0.2) is 0 Å². The van der Waals surface area contributed by atoms with E-state index in [1.807, 2.05) is 0 Å². The molecule has 2 rings (SSSR count). The van der Waals surface area contributed by atoms with Crippen molar-refractivity contribution in [2.75, 3.05) is 6.61 Å². The van der Waals surface area contributed by atoms with Crippen molar-refractivity contribution >= 4 is 0 Å². The topological polar surface area (TPSA) is 20.2 Å². The summed E-state index contributed by atoms with van der Waals surface area (Å²) in [5.74, 6) is 0.280. The third kappa shape index (κ3) is 1.83. The van der Waals surface area contributed by atoms with Crippen LogP contribution in [-0.2, 0) is 12.8 Å². The Morgan fingerprint density at radius 2 is 1.93 bits per heavy atom. The fourth-order valence-electron chi connectivity index (χ4n) is 2.17. The van der Waals surface area contributed by atoms with Crippen LogP contribution in [0.4, 0.5) is 0 Å². The van der Waals surface area contributed by atoms with Crippen LogP contribution in [0.3, 0.4) is 0 Å². The van der Waals surface area contributed by atoms with Crippen LogP contribution < -0.4 is 0 Å². The largest absolute Gasteiger partial charge is 0.396 e. The van der Waals surface area contributed by atoms with E-state index in [1.54, 1.807) is 0 Å². The number of fused-ring (bicyclic) bond motifs is 1. The molecule has 0 saturated carbocycles. The van der Waals surface area contributed by atoms with Gasteiger partial charge >= 0.3 is 0 Å². The van der Waals surface area contributed by atoms with E-state index < -0.39 is 0 Å². The quantitative estimate of drug-likeness (QED) is 0.760. The molecule has 1 N–H and O–H groups in total. The van der Waals surface area contributed by atoms with Gasteiger partial charge in [-0.3, -0.25) is 0 Å². The molecule has 0 radical (unpaired) electrons. The molecule has 1 aromatic carbocycles. The highest BCUT2D eigenvalue weighted by atomic mass is 16.3. The Labute approximate surface area is 85.8 Å². The smallest absolute Gasteiger partial charge is 0.0497 e. The summed E-state index contributed by atoms with van der Waals surface area (Å²) in [4.78, 5) is 0. The summed E-state index contributed by atoms with van der Waals surface area (Å²) in [5.41, 5.74) is 4.31. The van der Waals surface area contributed by atoms with Gasteiger partial charge in [0.05, 0.1) is 0 Å². The highest BCUT2D eigenvalue weighted by Gasteiger charge is 2.11. The SMILES string of the molecule is C[C@H](CO)c1ccc2c(c1)CCCC2. The lowest BCUT2D eigenvalue weighted by Crippen LogP contribution is -2.05. The van der Waals surface area contributed by atoms with E-state index in [1.165, 1.54) is 42.4 Å². The lowest BCUT2D eigenvalue weighted by atomic mass is 9.88. The standard InChI is InChI=1S/C13H18O/c1-10(9-14)12-7-6-11-4-2-3-5-13(11)8-12/h6-8,10,14H,2-5,9H2,1H3/t10-/m1/s1. The molecule has 1 atom stereocenters. The van der Waals surface area contributed by atoms with E-state index >= 15 is 0 Å². The number of rotatable bonds is 2. The van der Waals surface area contributed by atoms with Gasteiger partial charge in [-0.1, -0.05) is 25.1 Å². The predicted octanol–water partition coefficient (Wildman–Crippen LogP) is 2.66. The maximum absolute atomic E-state index is 9.09. The third-order valence-corrected chi connectivity index (χ3v) is 3.22. The monoisotopic (exact) mass is 190 g/mol. The van der Waals surface area contributed by atoms with Crippen LogP contribution in [0.25, 0.3) is 0 Å². The Morgan fingerprint density at radius 3 is 2.64 bits per heavy atom. The molecular formula is C13H18O. The molecule has 1 aliphatic carbocycles. The summed E-state index contributed by atoms with van der Waals surface area (Å²) in [6, 6.07) is 6.70. The first kappa shape index (κ1) is 9.72. The highest BCUT2D eigenvalue weighted by molar-refractivity contribution is 5.35. The van der Waals surface area contributed by atoms with Crippen molar-refractivity contribution in [1.29, 1.82) is 0 Å². The minimum absolute atomic E-state index is 0.249. The Balaban J connectivity index is 2.29. The van der Waals surface area contributed by atoms with Crippen molar-refractivity contribution in [1.82, 2.24) is 0 Å². The van der Waals surface area contributed by atoms with Gasteiger partial charge in [0.1, 0.15) is 0 Å². The second kappa shape index (κ2) is 4.14. The minimum Gasteiger partial charge on any atom is -0.396 e. The molecule has 1 aromatic rings. The summed E-state index contributed by atoms with van der Waals surface area (Å²) in [5, 5.41) is 9.09. The molecule has 0 spiro atoms. The molecule has 0 aromatic heterocycles. The van der Waals surface area contributed by atoms with Crippen LogP contribution >= 0.6 is 0 Å². The first-order valence-corrected chi connectivity index (χ1v) is 5.54. The van der Waals surface area contributed by atoms with Crippen LogP contribution in [0, 0.1) is 0 Å². The summed E-state index contributed by atoms with van der Waals surface area (Å²) < 4.78 is 0. The first-order valence-electron chi connectivity index (χ1n) is 5.54. The molecule has 0 saturated heterocycles. The molecule has 1 nitrogen and oxygen atoms in total. The van der Waals surface area contributed by atoms with Crippen LogP contribution in [0.5, 0.6) is 0 Å². The zero-order valence-electron chi connectivity index (χ0n) is 8.79. The van der Waals surface area contributed by atoms with Gasteiger partial charge in [-0.15, -0.1) is 0 Å². The van der Waals surface area contributed by atoms with Crippen molar-refractivity contribution < 1.29 is 5.11 Å². The Hall–Kier alpha value is -0.820. The Bertz CT molecular complexity index is 317. The van der Waals surface area contributed by atoms with Crippen molar-refractivity contribution in [2.24, 2.45) is 0 Å². The molecule has 14 heavy (non-hydrogen) atoms. The predicted molar refractivity (Wildman–Crippen MR) is 58.6 cm³/mol. The molecule has 76 valence electrons. The molecule has 1 aliphatic rings. The van der Waals surface area contributed by atoms with Gasteiger partial charge < -0.3 is 5.11 Å². The van der Waals surface area contributed by atoms with Gasteiger partial charge in [0, 0.05) is 12.5 Å². The van der Waals surface area contributed by atoms with Crippen molar-refractivity contribution in [2.45, 2.75) is 38.5 Å². The molecule has 0 amide bonds. The average molecular weight is 190 g/mol. The van der Waals surface area contributed by atoms with Crippen molar-refractivity contribution in [3.05, 3.63) is 34.9 Å². The van der Waals surface area contributed by atoms with E-state index in [0.29, 0.717) is 0 Å². The number of aliphatic hydroxyl groups excluding tert-OH is 1. The normalized spacial score (nSPS) is 17.6. The summed E-state index contributed by atoms with van der Waals surface area (Å²) in [6.07, 6.45) is 5.12. The fraction of sp³-hybridized carbons (Fsp3) is 0.538. The highest BCUT2D eigenvalue weighted by Crippen LogP contribution is 2.25. The van der Waals surface area contributed by atoms with E-state index in [-0.39, 0.29) is 12.5 Å². The van der Waals surface area contributed by atoms with E-state index in [4.69, 9.17) is 5.11 Å². The number of aliphatic hydroxyl groups is 1. The van der Waals surface area contributed by atoms with Crippen LogP contribution in [0.15, 0.2) is 18.2 Å². The van der Waals surface area contributed by atoms with E-state index in [0.717, 1.165) is 0 Å². The van der Waals surface area contributed by atoms with Gasteiger partial charge in [0.2, 0.25) is 0 Å². The molecule has 0 bridgehead atoms. The van der Waals surface area contributed by atoms with E-state index in [2.05, 4.69) is 25.1 Å². The summed E-state index contributed by atoms with van der Waals surface area (Å²) >= 11 is 0. The van der Waals surface area contributed by atoms with Gasteiger partial charge in [-0.05, 0) is 42.4 Å². The molecular weight excluding hydrogens is 172 g/mol. The Kier molecular flexibility index (Phi) is 2.87. The van der Waals surface area contributed by atoms with Crippen LogP contribution in [0.2, 0.25) is 0 Å². The summed E-state index contributed by atoms with van der Waals surface area (Å²) in [7, 11) is 0. The maximum Gasteiger partial charge on any atom is 0.0497 e. The molecule has 0 unspecified atom stereocenters. The van der Waals surface area contributed by atoms with Crippen LogP contribution in [0.1, 0.15) is 42.4 Å². The number of hydrogen-bond acceptors (Lipinski definition) is 1. The lowest BCUT2D eigenvalue weighted by Gasteiger charge is -2.18. The zero-order valence-corrected chi connectivity index (χ0v) is 8.79. The van der Waals surface area contributed by atoms with Gasteiger partial charge in [0.25, 0.3) is 0 Å². The molecule has 0 fully saturated rings. The summed E-state index contributed by atoms with van der Waals surface area (Å²) in [6.45, 7) is 2.32. The third-order valence-electron chi connectivity index (χ3n) is 3.22. The maximum atomic E-state index is 9.09.